The molecule has 0 aliphatic carbocycles. The van der Waals surface area contributed by atoms with E-state index in [1.807, 2.05) is 0 Å². The maximum atomic E-state index is 10.8. The number of nitrogens with one attached hydrogen (secondary N) is 1. The third kappa shape index (κ3) is 2.97. The lowest BCUT2D eigenvalue weighted by Crippen LogP contribution is -1.99. The highest BCUT2D eigenvalue weighted by Gasteiger charge is 2.14. The van der Waals surface area contributed by atoms with Crippen LogP contribution in [0.25, 0.3) is 0 Å². The van der Waals surface area contributed by atoms with Crippen LogP contribution in [0.5, 0.6) is 0 Å². The number of hydrogen-bond acceptors (Lipinski definition) is 7. The highest BCUT2D eigenvalue weighted by Crippen LogP contribution is 2.30. The lowest BCUT2D eigenvalue weighted by Gasteiger charge is -2.08. The highest BCUT2D eigenvalue weighted by atomic mass is 16.6. The number of benzene rings is 2. The third-order valence-corrected chi connectivity index (χ3v) is 2.74. The molecule has 9 nitrogen and oxygen atoms in total. The molecule has 2 aromatic carbocycles. The van der Waals surface area contributed by atoms with E-state index in [1.54, 1.807) is 0 Å². The SMILES string of the molecule is Nc1ccc(Nc2ccc(N)c([N+](=O)[O-])c2)cc1[N+](=O)[O-]. The van der Waals surface area contributed by atoms with Gasteiger partial charge in [0.25, 0.3) is 11.4 Å². The smallest absolute Gasteiger partial charge is 0.294 e. The molecule has 0 fully saturated rings. The van der Waals surface area contributed by atoms with E-state index in [2.05, 4.69) is 5.32 Å². The Morgan fingerprint density at radius 1 is 0.810 bits per heavy atom. The van der Waals surface area contributed by atoms with Crippen LogP contribution in [0.1, 0.15) is 0 Å². The average molecular weight is 289 g/mol. The van der Waals surface area contributed by atoms with E-state index in [-0.39, 0.29) is 22.7 Å². The van der Waals surface area contributed by atoms with Crippen LogP contribution < -0.4 is 16.8 Å². The fourth-order valence-corrected chi connectivity index (χ4v) is 1.73. The summed E-state index contributed by atoms with van der Waals surface area (Å²) in [5.74, 6) is 0. The molecular formula is C12H11N5O4. The summed E-state index contributed by atoms with van der Waals surface area (Å²) < 4.78 is 0. The average Bonchev–Trinajstić information content (AvgIpc) is 2.42. The monoisotopic (exact) mass is 289 g/mol. The van der Waals surface area contributed by atoms with E-state index in [9.17, 15) is 20.2 Å². The zero-order valence-electron chi connectivity index (χ0n) is 10.6. The molecule has 0 heterocycles. The molecule has 0 bridgehead atoms. The van der Waals surface area contributed by atoms with Crippen molar-refractivity contribution in [1.29, 1.82) is 0 Å². The molecule has 0 saturated heterocycles. The Bertz CT molecular complexity index is 670. The van der Waals surface area contributed by atoms with Gasteiger partial charge < -0.3 is 16.8 Å². The Kier molecular flexibility index (Phi) is 3.57. The fourth-order valence-electron chi connectivity index (χ4n) is 1.73. The second-order valence-corrected chi connectivity index (χ2v) is 4.19. The summed E-state index contributed by atoms with van der Waals surface area (Å²) in [6, 6.07) is 8.32. The minimum absolute atomic E-state index is 0.0360. The number of rotatable bonds is 4. The lowest BCUT2D eigenvalue weighted by molar-refractivity contribution is -0.383. The first-order chi connectivity index (χ1) is 9.88. The van der Waals surface area contributed by atoms with Crippen molar-refractivity contribution in [2.24, 2.45) is 0 Å². The topological polar surface area (TPSA) is 150 Å². The van der Waals surface area contributed by atoms with E-state index in [1.165, 1.54) is 36.4 Å². The molecule has 21 heavy (non-hydrogen) atoms. The van der Waals surface area contributed by atoms with Gasteiger partial charge in [-0.25, -0.2) is 0 Å². The van der Waals surface area contributed by atoms with Gasteiger partial charge in [0.05, 0.1) is 9.85 Å². The van der Waals surface area contributed by atoms with Crippen LogP contribution in [0.2, 0.25) is 0 Å². The predicted octanol–water partition coefficient (Wildman–Crippen LogP) is 2.41. The van der Waals surface area contributed by atoms with Gasteiger partial charge in [-0.05, 0) is 24.3 Å². The number of nitrogens with zero attached hydrogens (tertiary/aromatic N) is 2. The molecular weight excluding hydrogens is 278 g/mol. The summed E-state index contributed by atoms with van der Waals surface area (Å²) in [4.78, 5) is 20.4. The Morgan fingerprint density at radius 3 is 1.52 bits per heavy atom. The lowest BCUT2D eigenvalue weighted by atomic mass is 10.2. The van der Waals surface area contributed by atoms with Gasteiger partial charge in [-0.3, -0.25) is 20.2 Å². The van der Waals surface area contributed by atoms with Gasteiger partial charge in [0.1, 0.15) is 11.4 Å². The minimum Gasteiger partial charge on any atom is -0.393 e. The van der Waals surface area contributed by atoms with Crippen LogP contribution in [-0.4, -0.2) is 9.85 Å². The molecule has 0 atom stereocenters. The molecule has 108 valence electrons. The number of nitro benzene ring substituents is 2. The van der Waals surface area contributed by atoms with Gasteiger partial charge in [-0.15, -0.1) is 0 Å². The molecule has 0 aliphatic heterocycles. The zero-order valence-corrected chi connectivity index (χ0v) is 10.6. The molecule has 0 aliphatic rings. The predicted molar refractivity (Wildman–Crippen MR) is 78.3 cm³/mol. The Hall–Kier alpha value is -3.36. The molecule has 5 N–H and O–H groups in total. The summed E-state index contributed by atoms with van der Waals surface area (Å²) in [6.07, 6.45) is 0. The van der Waals surface area contributed by atoms with E-state index in [4.69, 9.17) is 11.5 Å². The Morgan fingerprint density at radius 2 is 1.19 bits per heavy atom. The van der Waals surface area contributed by atoms with Crippen molar-refractivity contribution >= 4 is 34.1 Å². The van der Waals surface area contributed by atoms with Gasteiger partial charge in [0.15, 0.2) is 0 Å². The van der Waals surface area contributed by atoms with Crippen LogP contribution in [0, 0.1) is 20.2 Å². The normalized spacial score (nSPS) is 10.1. The fraction of sp³-hybridized carbons (Fsp3) is 0. The second kappa shape index (κ2) is 5.33. The van der Waals surface area contributed by atoms with Gasteiger partial charge in [-0.1, -0.05) is 0 Å². The van der Waals surface area contributed by atoms with Crippen molar-refractivity contribution in [2.75, 3.05) is 16.8 Å². The third-order valence-electron chi connectivity index (χ3n) is 2.74. The van der Waals surface area contributed by atoms with Crippen molar-refractivity contribution in [1.82, 2.24) is 0 Å². The summed E-state index contributed by atoms with van der Waals surface area (Å²) >= 11 is 0. The van der Waals surface area contributed by atoms with Crippen LogP contribution in [0.4, 0.5) is 34.1 Å². The molecule has 9 heteroatoms. The molecule has 0 unspecified atom stereocenters. The van der Waals surface area contributed by atoms with Crippen LogP contribution >= 0.6 is 0 Å². The summed E-state index contributed by atoms with van der Waals surface area (Å²) in [7, 11) is 0. The van der Waals surface area contributed by atoms with Gasteiger partial charge in [0, 0.05) is 23.5 Å². The van der Waals surface area contributed by atoms with E-state index >= 15 is 0 Å². The minimum atomic E-state index is -0.605. The molecule has 2 rings (SSSR count). The zero-order chi connectivity index (χ0) is 15.6. The van der Waals surface area contributed by atoms with Crippen molar-refractivity contribution in [3.8, 4) is 0 Å². The molecule has 0 radical (unpaired) electrons. The van der Waals surface area contributed by atoms with Crippen LogP contribution in [0.3, 0.4) is 0 Å². The second-order valence-electron chi connectivity index (χ2n) is 4.19. The number of nitrogens with two attached hydrogens (primary N) is 2. The molecule has 0 spiro atoms. The quantitative estimate of drug-likeness (QED) is 0.444. The van der Waals surface area contributed by atoms with E-state index < -0.39 is 9.85 Å². The van der Waals surface area contributed by atoms with Crippen molar-refractivity contribution in [3.63, 3.8) is 0 Å². The first-order valence-corrected chi connectivity index (χ1v) is 5.73. The van der Waals surface area contributed by atoms with Crippen molar-refractivity contribution < 1.29 is 9.85 Å². The molecule has 0 amide bonds. The molecule has 2 aromatic rings. The maximum Gasteiger partial charge on any atom is 0.294 e. The van der Waals surface area contributed by atoms with E-state index in [0.29, 0.717) is 11.4 Å². The molecule has 0 saturated carbocycles. The highest BCUT2D eigenvalue weighted by molar-refractivity contribution is 5.72. The summed E-state index contributed by atoms with van der Waals surface area (Å²) in [6.45, 7) is 0. The van der Waals surface area contributed by atoms with Crippen LogP contribution in [-0.2, 0) is 0 Å². The summed E-state index contributed by atoms with van der Waals surface area (Å²) in [5, 5.41) is 24.4. The maximum absolute atomic E-state index is 10.8. The largest absolute Gasteiger partial charge is 0.393 e. The summed E-state index contributed by atoms with van der Waals surface area (Å²) in [5.41, 5.74) is 11.3. The van der Waals surface area contributed by atoms with Gasteiger partial charge in [0.2, 0.25) is 0 Å². The Labute approximate surface area is 118 Å². The van der Waals surface area contributed by atoms with E-state index in [0.717, 1.165) is 0 Å². The van der Waals surface area contributed by atoms with Gasteiger partial charge in [-0.2, -0.15) is 0 Å². The Balaban J connectivity index is 2.34. The number of nitro groups is 2. The number of anilines is 4. The van der Waals surface area contributed by atoms with Crippen LogP contribution in [0.15, 0.2) is 36.4 Å². The molecule has 0 aromatic heterocycles. The first-order valence-electron chi connectivity index (χ1n) is 5.73. The number of hydrogen-bond donors (Lipinski definition) is 3. The van der Waals surface area contributed by atoms with Gasteiger partial charge >= 0.3 is 0 Å². The number of nitrogen functional groups attached to an aromatic ring is 2. The van der Waals surface area contributed by atoms with Crippen molar-refractivity contribution in [3.05, 3.63) is 56.6 Å². The van der Waals surface area contributed by atoms with Crippen molar-refractivity contribution in [2.45, 2.75) is 0 Å². The first kappa shape index (κ1) is 14.1. The standard InChI is InChI=1S/C12H11N5O4/c13-9-3-1-7(5-11(9)16(18)19)15-8-2-4-10(14)12(6-8)17(20)21/h1-6,15H,13-14H2.